The maximum atomic E-state index is 5.90. The number of rotatable bonds is 9. The van der Waals surface area contributed by atoms with Gasteiger partial charge in [0.2, 0.25) is 0 Å². The SMILES string of the molecule is CCOc1cc2c(cc1CNC(=NC)NCCCOC1CCOC1)OC(C)C2. The van der Waals surface area contributed by atoms with Crippen molar-refractivity contribution in [3.63, 3.8) is 0 Å². The van der Waals surface area contributed by atoms with E-state index in [1.165, 1.54) is 5.56 Å². The lowest BCUT2D eigenvalue weighted by molar-refractivity contribution is 0.0420. The highest BCUT2D eigenvalue weighted by molar-refractivity contribution is 5.79. The molecule has 0 aliphatic carbocycles. The van der Waals surface area contributed by atoms with Gasteiger partial charge < -0.3 is 29.6 Å². The fourth-order valence-electron chi connectivity index (χ4n) is 3.48. The Morgan fingerprint density at radius 1 is 1.32 bits per heavy atom. The second-order valence-corrected chi connectivity index (χ2v) is 7.20. The number of guanidine groups is 1. The molecule has 28 heavy (non-hydrogen) atoms. The van der Waals surface area contributed by atoms with Crippen LogP contribution < -0.4 is 20.1 Å². The quantitative estimate of drug-likeness (QED) is 0.382. The lowest BCUT2D eigenvalue weighted by Crippen LogP contribution is -2.37. The Kier molecular flexibility index (Phi) is 7.80. The predicted molar refractivity (Wildman–Crippen MR) is 109 cm³/mol. The molecule has 2 atom stereocenters. The first kappa shape index (κ1) is 20.7. The highest BCUT2D eigenvalue weighted by atomic mass is 16.5. The van der Waals surface area contributed by atoms with E-state index in [1.807, 2.05) is 6.92 Å². The fourth-order valence-corrected chi connectivity index (χ4v) is 3.48. The van der Waals surface area contributed by atoms with E-state index >= 15 is 0 Å². The van der Waals surface area contributed by atoms with E-state index < -0.39 is 0 Å². The Hall–Kier alpha value is -1.99. The van der Waals surface area contributed by atoms with Gasteiger partial charge in [-0.15, -0.1) is 0 Å². The third kappa shape index (κ3) is 5.75. The molecular formula is C21H33N3O4. The molecule has 2 unspecified atom stereocenters. The van der Waals surface area contributed by atoms with E-state index in [-0.39, 0.29) is 12.2 Å². The number of aliphatic imine (C=N–C) groups is 1. The molecule has 7 heteroatoms. The summed E-state index contributed by atoms with van der Waals surface area (Å²) in [5, 5.41) is 6.69. The Morgan fingerprint density at radius 3 is 2.96 bits per heavy atom. The van der Waals surface area contributed by atoms with E-state index in [2.05, 4.69) is 34.7 Å². The molecule has 0 radical (unpaired) electrons. The molecular weight excluding hydrogens is 358 g/mol. The van der Waals surface area contributed by atoms with Gasteiger partial charge in [-0.1, -0.05) is 0 Å². The Labute approximate surface area is 167 Å². The molecule has 1 aromatic carbocycles. The van der Waals surface area contributed by atoms with Gasteiger partial charge >= 0.3 is 0 Å². The van der Waals surface area contributed by atoms with Gasteiger partial charge in [0.15, 0.2) is 5.96 Å². The molecule has 0 bridgehead atoms. The molecule has 7 nitrogen and oxygen atoms in total. The minimum absolute atomic E-state index is 0.222. The summed E-state index contributed by atoms with van der Waals surface area (Å²) in [6.45, 7) is 8.43. The third-order valence-corrected chi connectivity index (χ3v) is 4.90. The number of hydrogen-bond acceptors (Lipinski definition) is 5. The van der Waals surface area contributed by atoms with Crippen molar-refractivity contribution in [2.75, 3.05) is 40.0 Å². The van der Waals surface area contributed by atoms with Crippen LogP contribution in [0.2, 0.25) is 0 Å². The lowest BCUT2D eigenvalue weighted by atomic mass is 10.1. The van der Waals surface area contributed by atoms with Gasteiger partial charge in [0.25, 0.3) is 0 Å². The zero-order chi connectivity index (χ0) is 19.8. The van der Waals surface area contributed by atoms with Gasteiger partial charge in [0, 0.05) is 50.9 Å². The summed E-state index contributed by atoms with van der Waals surface area (Å²) >= 11 is 0. The van der Waals surface area contributed by atoms with Crippen molar-refractivity contribution in [1.29, 1.82) is 0 Å². The van der Waals surface area contributed by atoms with Gasteiger partial charge in [0.05, 0.1) is 19.3 Å². The summed E-state index contributed by atoms with van der Waals surface area (Å²) < 4.78 is 22.8. The van der Waals surface area contributed by atoms with Gasteiger partial charge in [0.1, 0.15) is 17.6 Å². The fraction of sp³-hybridized carbons (Fsp3) is 0.667. The second-order valence-electron chi connectivity index (χ2n) is 7.20. The molecule has 1 saturated heterocycles. The average molecular weight is 392 g/mol. The van der Waals surface area contributed by atoms with E-state index in [9.17, 15) is 0 Å². The van der Waals surface area contributed by atoms with Crippen LogP contribution in [0.25, 0.3) is 0 Å². The molecule has 3 rings (SSSR count). The lowest BCUT2D eigenvalue weighted by Gasteiger charge is -2.16. The van der Waals surface area contributed by atoms with Crippen LogP contribution in [0.3, 0.4) is 0 Å². The van der Waals surface area contributed by atoms with Crippen molar-refractivity contribution in [3.05, 3.63) is 23.3 Å². The summed E-state index contributed by atoms with van der Waals surface area (Å²) in [5.41, 5.74) is 2.29. The van der Waals surface area contributed by atoms with E-state index in [1.54, 1.807) is 7.05 Å². The van der Waals surface area contributed by atoms with Crippen molar-refractivity contribution in [2.24, 2.45) is 4.99 Å². The van der Waals surface area contributed by atoms with Crippen LogP contribution in [-0.2, 0) is 22.4 Å². The van der Waals surface area contributed by atoms with E-state index in [0.29, 0.717) is 13.2 Å². The Morgan fingerprint density at radius 2 is 2.21 bits per heavy atom. The minimum atomic E-state index is 0.222. The second kappa shape index (κ2) is 10.5. The van der Waals surface area contributed by atoms with Crippen molar-refractivity contribution in [3.8, 4) is 11.5 Å². The molecule has 0 aromatic heterocycles. The molecule has 0 spiro atoms. The van der Waals surface area contributed by atoms with Gasteiger partial charge in [-0.25, -0.2) is 0 Å². The molecule has 156 valence electrons. The first-order valence-corrected chi connectivity index (χ1v) is 10.3. The predicted octanol–water partition coefficient (Wildman–Crippen LogP) is 2.27. The van der Waals surface area contributed by atoms with E-state index in [4.69, 9.17) is 18.9 Å². The van der Waals surface area contributed by atoms with Gasteiger partial charge in [-0.05, 0) is 38.8 Å². The smallest absolute Gasteiger partial charge is 0.191 e. The summed E-state index contributed by atoms with van der Waals surface area (Å²) in [5.74, 6) is 2.64. The summed E-state index contributed by atoms with van der Waals surface area (Å²) in [4.78, 5) is 4.30. The van der Waals surface area contributed by atoms with Crippen molar-refractivity contribution in [1.82, 2.24) is 10.6 Å². The number of nitrogens with zero attached hydrogens (tertiary/aromatic N) is 1. The van der Waals surface area contributed by atoms with Crippen molar-refractivity contribution in [2.45, 2.75) is 51.9 Å². The highest BCUT2D eigenvalue weighted by Gasteiger charge is 2.22. The largest absolute Gasteiger partial charge is 0.494 e. The first-order valence-electron chi connectivity index (χ1n) is 10.3. The van der Waals surface area contributed by atoms with Crippen LogP contribution in [0.4, 0.5) is 0 Å². The number of hydrogen-bond donors (Lipinski definition) is 2. The van der Waals surface area contributed by atoms with Crippen LogP contribution in [0, 0.1) is 0 Å². The van der Waals surface area contributed by atoms with Crippen LogP contribution in [0.15, 0.2) is 17.1 Å². The van der Waals surface area contributed by atoms with Crippen LogP contribution >= 0.6 is 0 Å². The molecule has 1 fully saturated rings. The average Bonchev–Trinajstić information content (AvgIpc) is 3.32. The Balaban J connectivity index is 1.45. The molecule has 2 N–H and O–H groups in total. The van der Waals surface area contributed by atoms with Crippen LogP contribution in [0.5, 0.6) is 11.5 Å². The number of benzene rings is 1. The molecule has 2 aliphatic rings. The topological polar surface area (TPSA) is 73.3 Å². The first-order chi connectivity index (χ1) is 13.7. The normalized spacial score (nSPS) is 21.3. The van der Waals surface area contributed by atoms with Gasteiger partial charge in [-0.2, -0.15) is 0 Å². The monoisotopic (exact) mass is 391 g/mol. The number of ether oxygens (including phenoxy) is 4. The summed E-state index contributed by atoms with van der Waals surface area (Å²) in [6.07, 6.45) is 3.34. The molecule has 0 saturated carbocycles. The van der Waals surface area contributed by atoms with E-state index in [0.717, 1.165) is 68.6 Å². The zero-order valence-electron chi connectivity index (χ0n) is 17.3. The molecule has 0 amide bonds. The van der Waals surface area contributed by atoms with Gasteiger partial charge in [-0.3, -0.25) is 4.99 Å². The zero-order valence-corrected chi connectivity index (χ0v) is 17.3. The number of nitrogens with one attached hydrogen (secondary N) is 2. The standard InChI is InChI=1S/C21H33N3O4/c1-4-26-19-11-16-10-15(2)28-20(16)12-17(19)13-24-21(22-3)23-7-5-8-27-18-6-9-25-14-18/h11-12,15,18H,4-10,13-14H2,1-3H3,(H2,22,23,24). The Bertz CT molecular complexity index is 659. The van der Waals surface area contributed by atoms with Crippen molar-refractivity contribution < 1.29 is 18.9 Å². The highest BCUT2D eigenvalue weighted by Crippen LogP contribution is 2.35. The third-order valence-electron chi connectivity index (χ3n) is 4.90. The summed E-state index contributed by atoms with van der Waals surface area (Å²) in [7, 11) is 1.78. The molecule has 1 aromatic rings. The molecule has 2 aliphatic heterocycles. The maximum absolute atomic E-state index is 5.90. The van der Waals surface area contributed by atoms with Crippen molar-refractivity contribution >= 4 is 5.96 Å². The number of fused-ring (bicyclic) bond motifs is 1. The molecule has 2 heterocycles. The van der Waals surface area contributed by atoms with Crippen LogP contribution in [0.1, 0.15) is 37.8 Å². The maximum Gasteiger partial charge on any atom is 0.191 e. The summed E-state index contributed by atoms with van der Waals surface area (Å²) in [6, 6.07) is 4.20. The van der Waals surface area contributed by atoms with Crippen LogP contribution in [-0.4, -0.2) is 58.2 Å². The minimum Gasteiger partial charge on any atom is -0.494 e.